The van der Waals surface area contributed by atoms with E-state index in [-0.39, 0.29) is 23.8 Å². The van der Waals surface area contributed by atoms with Crippen LogP contribution in [0.25, 0.3) is 0 Å². The molecule has 0 unspecified atom stereocenters. The lowest BCUT2D eigenvalue weighted by Gasteiger charge is -2.38. The first-order valence-corrected chi connectivity index (χ1v) is 8.00. The average molecular weight is 302 g/mol. The number of amides is 2. The molecule has 120 valence electrons. The molecule has 1 aromatic carbocycles. The summed E-state index contributed by atoms with van der Waals surface area (Å²) in [5.41, 5.74) is 2.21. The van der Waals surface area contributed by atoms with Crippen molar-refractivity contribution in [1.82, 2.24) is 10.2 Å². The van der Waals surface area contributed by atoms with Gasteiger partial charge in [-0.1, -0.05) is 43.7 Å². The Morgan fingerprint density at radius 1 is 1.32 bits per heavy atom. The number of aryl methyl sites for hydroxylation is 1. The van der Waals surface area contributed by atoms with Crippen molar-refractivity contribution in [3.63, 3.8) is 0 Å². The number of rotatable bonds is 4. The van der Waals surface area contributed by atoms with Gasteiger partial charge in [-0.3, -0.25) is 9.59 Å². The second-order valence-corrected chi connectivity index (χ2v) is 6.64. The van der Waals surface area contributed by atoms with Gasteiger partial charge in [-0.05, 0) is 24.8 Å². The van der Waals surface area contributed by atoms with E-state index in [4.69, 9.17) is 0 Å². The minimum absolute atomic E-state index is 0.0543. The molecule has 22 heavy (non-hydrogen) atoms. The highest BCUT2D eigenvalue weighted by Crippen LogP contribution is 2.35. The van der Waals surface area contributed by atoms with Crippen LogP contribution in [-0.2, 0) is 9.59 Å². The molecule has 1 aliphatic heterocycles. The molecule has 0 aliphatic carbocycles. The van der Waals surface area contributed by atoms with Crippen LogP contribution < -0.4 is 5.32 Å². The third-order valence-electron chi connectivity index (χ3n) is 4.30. The molecule has 1 saturated heterocycles. The van der Waals surface area contributed by atoms with Crippen LogP contribution in [0, 0.1) is 18.8 Å². The highest BCUT2D eigenvalue weighted by molar-refractivity contribution is 5.84. The van der Waals surface area contributed by atoms with Gasteiger partial charge in [0.05, 0.1) is 12.0 Å². The van der Waals surface area contributed by atoms with E-state index in [9.17, 15) is 9.59 Å². The number of nitrogens with zero attached hydrogens (tertiary/aromatic N) is 1. The van der Waals surface area contributed by atoms with Crippen LogP contribution in [-0.4, -0.2) is 30.3 Å². The molecule has 1 N–H and O–H groups in total. The number of nitrogens with one attached hydrogen (secondary N) is 1. The van der Waals surface area contributed by atoms with Crippen LogP contribution in [0.2, 0.25) is 0 Å². The van der Waals surface area contributed by atoms with Gasteiger partial charge in [0.15, 0.2) is 0 Å². The van der Waals surface area contributed by atoms with Crippen LogP contribution in [0.15, 0.2) is 24.3 Å². The van der Waals surface area contributed by atoms with Gasteiger partial charge in [-0.15, -0.1) is 0 Å². The molecule has 0 spiro atoms. The van der Waals surface area contributed by atoms with Crippen molar-refractivity contribution in [2.45, 2.75) is 39.7 Å². The fourth-order valence-corrected chi connectivity index (χ4v) is 2.97. The van der Waals surface area contributed by atoms with Crippen molar-refractivity contribution in [2.75, 3.05) is 13.6 Å². The summed E-state index contributed by atoms with van der Waals surface area (Å²) in [5, 5.41) is 3.02. The van der Waals surface area contributed by atoms with Crippen molar-refractivity contribution >= 4 is 11.8 Å². The van der Waals surface area contributed by atoms with E-state index in [2.05, 4.69) is 19.2 Å². The third kappa shape index (κ3) is 3.67. The zero-order valence-corrected chi connectivity index (χ0v) is 13.9. The minimum Gasteiger partial charge on any atom is -0.356 e. The largest absolute Gasteiger partial charge is 0.356 e. The van der Waals surface area contributed by atoms with Crippen molar-refractivity contribution in [1.29, 1.82) is 0 Å². The van der Waals surface area contributed by atoms with E-state index >= 15 is 0 Å². The number of carbonyl (C=O) groups excluding carboxylic acids is 2. The van der Waals surface area contributed by atoms with Crippen LogP contribution in [0.5, 0.6) is 0 Å². The monoisotopic (exact) mass is 302 g/mol. The number of hydrogen-bond donors (Lipinski definition) is 1. The van der Waals surface area contributed by atoms with Crippen LogP contribution in [0.1, 0.15) is 43.9 Å². The van der Waals surface area contributed by atoms with Crippen molar-refractivity contribution in [3.05, 3.63) is 35.4 Å². The Bertz CT molecular complexity index is 537. The summed E-state index contributed by atoms with van der Waals surface area (Å²) in [6.07, 6.45) is 1.06. The first-order chi connectivity index (χ1) is 10.4. The lowest BCUT2D eigenvalue weighted by molar-refractivity contribution is -0.141. The first kappa shape index (κ1) is 16.5. The van der Waals surface area contributed by atoms with E-state index < -0.39 is 0 Å². The summed E-state index contributed by atoms with van der Waals surface area (Å²) in [5.74, 6) is 0.408. The summed E-state index contributed by atoms with van der Waals surface area (Å²) in [6.45, 7) is 6.86. The molecule has 4 heteroatoms. The number of carbonyl (C=O) groups is 2. The van der Waals surface area contributed by atoms with E-state index in [1.54, 1.807) is 11.9 Å². The molecule has 1 aromatic rings. The molecule has 0 saturated carbocycles. The number of piperidine rings is 1. The maximum Gasteiger partial charge on any atom is 0.225 e. The van der Waals surface area contributed by atoms with Gasteiger partial charge < -0.3 is 10.2 Å². The van der Waals surface area contributed by atoms with E-state index in [1.807, 2.05) is 31.2 Å². The van der Waals surface area contributed by atoms with Gasteiger partial charge in [0.1, 0.15) is 0 Å². The Hall–Kier alpha value is -1.84. The SMILES string of the molecule is Cc1ccc([C@@H]2[C@@H](C(=O)NCC(C)C)CCC(=O)N2C)cc1. The summed E-state index contributed by atoms with van der Waals surface area (Å²) < 4.78 is 0. The summed E-state index contributed by atoms with van der Waals surface area (Å²) in [4.78, 5) is 26.4. The van der Waals surface area contributed by atoms with E-state index in [0.29, 0.717) is 25.3 Å². The molecule has 2 rings (SSSR count). The Kier molecular flexibility index (Phi) is 5.22. The Balaban J connectivity index is 2.24. The number of likely N-dealkylation sites (tertiary alicyclic amines) is 1. The third-order valence-corrected chi connectivity index (χ3v) is 4.30. The normalized spacial score (nSPS) is 22.0. The molecule has 0 aromatic heterocycles. The maximum atomic E-state index is 12.6. The van der Waals surface area contributed by atoms with Crippen LogP contribution in [0.3, 0.4) is 0 Å². The second-order valence-electron chi connectivity index (χ2n) is 6.64. The maximum absolute atomic E-state index is 12.6. The van der Waals surface area contributed by atoms with Gasteiger partial charge in [0, 0.05) is 20.0 Å². The van der Waals surface area contributed by atoms with E-state index in [0.717, 1.165) is 5.56 Å². The summed E-state index contributed by atoms with van der Waals surface area (Å²) in [7, 11) is 1.80. The topological polar surface area (TPSA) is 49.4 Å². The molecule has 0 bridgehead atoms. The number of hydrogen-bond acceptors (Lipinski definition) is 2. The highest BCUT2D eigenvalue weighted by atomic mass is 16.2. The Labute approximate surface area is 132 Å². The number of benzene rings is 1. The smallest absolute Gasteiger partial charge is 0.225 e. The second kappa shape index (κ2) is 6.95. The average Bonchev–Trinajstić information content (AvgIpc) is 2.48. The highest BCUT2D eigenvalue weighted by Gasteiger charge is 2.38. The van der Waals surface area contributed by atoms with Gasteiger partial charge in [0.25, 0.3) is 0 Å². The quantitative estimate of drug-likeness (QED) is 0.929. The Morgan fingerprint density at radius 2 is 1.95 bits per heavy atom. The Morgan fingerprint density at radius 3 is 2.55 bits per heavy atom. The van der Waals surface area contributed by atoms with Crippen molar-refractivity contribution in [3.8, 4) is 0 Å². The molecule has 2 amide bonds. The molecule has 1 aliphatic rings. The molecular formula is C18H26N2O2. The predicted molar refractivity (Wildman–Crippen MR) is 87.3 cm³/mol. The van der Waals surface area contributed by atoms with Gasteiger partial charge >= 0.3 is 0 Å². The zero-order valence-electron chi connectivity index (χ0n) is 13.9. The molecule has 0 radical (unpaired) electrons. The lowest BCUT2D eigenvalue weighted by atomic mass is 9.83. The van der Waals surface area contributed by atoms with Crippen molar-refractivity contribution in [2.24, 2.45) is 11.8 Å². The van der Waals surface area contributed by atoms with Gasteiger partial charge in [-0.25, -0.2) is 0 Å². The molecule has 1 heterocycles. The fourth-order valence-electron chi connectivity index (χ4n) is 2.97. The summed E-state index contributed by atoms with van der Waals surface area (Å²) >= 11 is 0. The van der Waals surface area contributed by atoms with Crippen LogP contribution >= 0.6 is 0 Å². The summed E-state index contributed by atoms with van der Waals surface area (Å²) in [6, 6.07) is 7.95. The first-order valence-electron chi connectivity index (χ1n) is 8.00. The minimum atomic E-state index is -0.177. The molecule has 2 atom stereocenters. The van der Waals surface area contributed by atoms with Gasteiger partial charge in [-0.2, -0.15) is 0 Å². The predicted octanol–water partition coefficient (Wildman–Crippen LogP) is 2.68. The molecular weight excluding hydrogens is 276 g/mol. The fraction of sp³-hybridized carbons (Fsp3) is 0.556. The van der Waals surface area contributed by atoms with Gasteiger partial charge in [0.2, 0.25) is 11.8 Å². The standard InChI is InChI=1S/C18H26N2O2/c1-12(2)11-19-18(22)15-9-10-16(21)20(4)17(15)14-7-5-13(3)6-8-14/h5-8,12,15,17H,9-11H2,1-4H3,(H,19,22)/t15-,17+/m0/s1. The van der Waals surface area contributed by atoms with Crippen LogP contribution in [0.4, 0.5) is 0 Å². The van der Waals surface area contributed by atoms with Crippen molar-refractivity contribution < 1.29 is 9.59 Å². The van der Waals surface area contributed by atoms with E-state index in [1.165, 1.54) is 5.56 Å². The molecule has 1 fully saturated rings. The molecule has 4 nitrogen and oxygen atoms in total. The lowest BCUT2D eigenvalue weighted by Crippen LogP contribution is -2.46. The zero-order chi connectivity index (χ0) is 16.3.